The molecule has 1 amide bonds. The van der Waals surface area contributed by atoms with E-state index < -0.39 is 41.9 Å². The maximum Gasteiger partial charge on any atom is 0.350 e. The number of hydrogen-bond acceptors (Lipinski definition) is 6. The summed E-state index contributed by atoms with van der Waals surface area (Å²) in [4.78, 5) is 35.7. The maximum atomic E-state index is 12.4. The molecule has 2 bridgehead atoms. The van der Waals surface area contributed by atoms with Gasteiger partial charge in [-0.2, -0.15) is 0 Å². The van der Waals surface area contributed by atoms with E-state index in [4.69, 9.17) is 4.74 Å². The molecule has 22 heavy (non-hydrogen) atoms. The molecule has 0 saturated carbocycles. The van der Waals surface area contributed by atoms with Gasteiger partial charge in [0, 0.05) is 0 Å². The largest absolute Gasteiger partial charge is 0.481 e. The van der Waals surface area contributed by atoms with Crippen molar-refractivity contribution in [1.82, 2.24) is 0 Å². The Morgan fingerprint density at radius 2 is 1.95 bits per heavy atom. The van der Waals surface area contributed by atoms with Crippen molar-refractivity contribution >= 4 is 34.9 Å². The van der Waals surface area contributed by atoms with E-state index in [1.54, 1.807) is 23.6 Å². The van der Waals surface area contributed by atoms with Crippen LogP contribution in [0.25, 0.3) is 0 Å². The zero-order valence-corrected chi connectivity index (χ0v) is 12.3. The highest BCUT2D eigenvalue weighted by Crippen LogP contribution is 2.40. The molecule has 0 aliphatic carbocycles. The van der Waals surface area contributed by atoms with Crippen LogP contribution in [0.3, 0.4) is 0 Å². The molecule has 2 aliphatic rings. The van der Waals surface area contributed by atoms with E-state index in [9.17, 15) is 19.5 Å². The number of thiophene rings is 1. The third kappa shape index (κ3) is 2.30. The molecule has 0 aromatic carbocycles. The second-order valence-corrected chi connectivity index (χ2v) is 5.90. The fourth-order valence-electron chi connectivity index (χ4n) is 2.79. The average molecular weight is 323 g/mol. The minimum absolute atomic E-state index is 0.266. The Hall–Kier alpha value is -2.19. The van der Waals surface area contributed by atoms with E-state index in [1.807, 2.05) is 0 Å². The predicted octanol–water partition coefficient (Wildman–Crippen LogP) is 1.13. The number of amides is 1. The molecular weight excluding hydrogens is 310 g/mol. The zero-order valence-electron chi connectivity index (χ0n) is 11.5. The molecule has 2 aliphatic heterocycles. The molecule has 8 heteroatoms. The lowest BCUT2D eigenvalue weighted by molar-refractivity contribution is -0.145. The topological polar surface area (TPSA) is 102 Å². The van der Waals surface area contributed by atoms with Crippen LogP contribution in [0.4, 0.5) is 5.69 Å². The van der Waals surface area contributed by atoms with Crippen LogP contribution >= 0.6 is 11.3 Å². The summed E-state index contributed by atoms with van der Waals surface area (Å²) in [6.07, 6.45) is 2.23. The van der Waals surface area contributed by atoms with E-state index >= 15 is 0 Å². The number of ether oxygens (including phenoxy) is 2. The number of aliphatic carboxylic acids is 1. The number of fused-ring (bicyclic) bond motifs is 2. The van der Waals surface area contributed by atoms with Gasteiger partial charge in [0.05, 0.1) is 30.9 Å². The van der Waals surface area contributed by atoms with Crippen molar-refractivity contribution in [3.63, 3.8) is 0 Å². The van der Waals surface area contributed by atoms with Gasteiger partial charge in [-0.15, -0.1) is 11.3 Å². The van der Waals surface area contributed by atoms with Crippen molar-refractivity contribution in [2.24, 2.45) is 11.8 Å². The SMILES string of the molecule is COC(=O)c1sccc1NC(=O)[C@H]1[C@@H](C(=O)O)[C@@H]2C=C[C@H]1O2. The fourth-order valence-corrected chi connectivity index (χ4v) is 3.56. The molecule has 1 aromatic rings. The molecule has 2 N–H and O–H groups in total. The van der Waals surface area contributed by atoms with Gasteiger partial charge < -0.3 is 19.9 Å². The predicted molar refractivity (Wildman–Crippen MR) is 76.7 cm³/mol. The Morgan fingerprint density at radius 1 is 1.27 bits per heavy atom. The summed E-state index contributed by atoms with van der Waals surface area (Å²) in [6, 6.07) is 1.58. The minimum atomic E-state index is -1.07. The Kier molecular flexibility index (Phi) is 3.71. The number of carbonyl (C=O) groups is 3. The van der Waals surface area contributed by atoms with Gasteiger partial charge >= 0.3 is 11.9 Å². The first-order chi connectivity index (χ1) is 10.5. The van der Waals surface area contributed by atoms with E-state index in [0.717, 1.165) is 11.3 Å². The normalized spacial score (nSPS) is 28.6. The number of carbonyl (C=O) groups excluding carboxylic acids is 2. The van der Waals surface area contributed by atoms with Crippen molar-refractivity contribution in [2.45, 2.75) is 12.2 Å². The monoisotopic (exact) mass is 323 g/mol. The Morgan fingerprint density at radius 3 is 2.59 bits per heavy atom. The van der Waals surface area contributed by atoms with E-state index in [2.05, 4.69) is 10.1 Å². The summed E-state index contributed by atoms with van der Waals surface area (Å²) >= 11 is 1.14. The first kappa shape index (κ1) is 14.7. The lowest BCUT2D eigenvalue weighted by atomic mass is 9.82. The van der Waals surface area contributed by atoms with E-state index in [-0.39, 0.29) is 4.88 Å². The highest BCUT2D eigenvalue weighted by molar-refractivity contribution is 7.12. The van der Waals surface area contributed by atoms with Crippen LogP contribution in [-0.2, 0) is 19.1 Å². The van der Waals surface area contributed by atoms with Crippen LogP contribution in [0.5, 0.6) is 0 Å². The molecule has 0 unspecified atom stereocenters. The average Bonchev–Trinajstić information content (AvgIpc) is 3.20. The van der Waals surface area contributed by atoms with Crippen molar-refractivity contribution in [1.29, 1.82) is 0 Å². The Balaban J connectivity index is 1.80. The summed E-state index contributed by atoms with van der Waals surface area (Å²) < 4.78 is 10.1. The first-order valence-electron chi connectivity index (χ1n) is 6.56. The third-order valence-corrected chi connectivity index (χ3v) is 4.68. The lowest BCUT2D eigenvalue weighted by Gasteiger charge is -2.20. The molecule has 116 valence electrons. The summed E-state index contributed by atoms with van der Waals surface area (Å²) in [6.45, 7) is 0. The Bertz CT molecular complexity index is 666. The molecular formula is C14H13NO6S. The highest BCUT2D eigenvalue weighted by atomic mass is 32.1. The van der Waals surface area contributed by atoms with Gasteiger partial charge in [0.15, 0.2) is 0 Å². The molecule has 7 nitrogen and oxygen atoms in total. The summed E-state index contributed by atoms with van der Waals surface area (Å²) in [5, 5.41) is 13.6. The number of nitrogens with one attached hydrogen (secondary N) is 1. The molecule has 3 rings (SSSR count). The molecule has 1 fully saturated rings. The van der Waals surface area contributed by atoms with Crippen LogP contribution in [0.2, 0.25) is 0 Å². The Labute approximate surface area is 129 Å². The van der Waals surface area contributed by atoms with Gasteiger partial charge in [0.2, 0.25) is 5.91 Å². The summed E-state index contributed by atoms with van der Waals surface area (Å²) in [5.41, 5.74) is 0.317. The molecule has 3 heterocycles. The number of anilines is 1. The van der Waals surface area contributed by atoms with Gasteiger partial charge in [-0.1, -0.05) is 12.2 Å². The standard InChI is InChI=1S/C14H13NO6S/c1-20-14(19)11-6(4-5-22-11)15-12(16)9-7-2-3-8(21-7)10(9)13(17)18/h2-5,7-10H,1H3,(H,15,16)(H,17,18)/t7-,8+,9-,10+/m1/s1. The quantitative estimate of drug-likeness (QED) is 0.636. The van der Waals surface area contributed by atoms with Crippen LogP contribution < -0.4 is 5.32 Å². The van der Waals surface area contributed by atoms with Gasteiger partial charge in [-0.05, 0) is 11.4 Å². The number of carboxylic acids is 1. The second kappa shape index (κ2) is 5.54. The van der Waals surface area contributed by atoms with Crippen LogP contribution in [0.15, 0.2) is 23.6 Å². The minimum Gasteiger partial charge on any atom is -0.481 e. The zero-order chi connectivity index (χ0) is 15.9. The van der Waals surface area contributed by atoms with Crippen LogP contribution in [0.1, 0.15) is 9.67 Å². The number of rotatable bonds is 4. The molecule has 4 atom stereocenters. The third-order valence-electron chi connectivity index (χ3n) is 3.78. The van der Waals surface area contributed by atoms with Gasteiger partial charge in [0.25, 0.3) is 0 Å². The van der Waals surface area contributed by atoms with Gasteiger partial charge in [0.1, 0.15) is 10.8 Å². The van der Waals surface area contributed by atoms with Crippen molar-refractivity contribution in [2.75, 3.05) is 12.4 Å². The smallest absolute Gasteiger partial charge is 0.350 e. The maximum absolute atomic E-state index is 12.4. The number of methoxy groups -OCH3 is 1. The number of hydrogen-bond donors (Lipinski definition) is 2. The van der Waals surface area contributed by atoms with E-state index in [0.29, 0.717) is 5.69 Å². The molecule has 0 spiro atoms. The molecule has 1 aromatic heterocycles. The highest BCUT2D eigenvalue weighted by Gasteiger charge is 2.53. The van der Waals surface area contributed by atoms with Crippen LogP contribution in [-0.4, -0.2) is 42.3 Å². The van der Waals surface area contributed by atoms with Crippen molar-refractivity contribution < 1.29 is 29.0 Å². The first-order valence-corrected chi connectivity index (χ1v) is 7.44. The number of esters is 1. The molecule has 1 saturated heterocycles. The fraction of sp³-hybridized carbons (Fsp3) is 0.357. The van der Waals surface area contributed by atoms with Gasteiger partial charge in [-0.25, -0.2) is 4.79 Å². The van der Waals surface area contributed by atoms with Crippen molar-refractivity contribution in [3.05, 3.63) is 28.5 Å². The van der Waals surface area contributed by atoms with E-state index in [1.165, 1.54) is 7.11 Å². The van der Waals surface area contributed by atoms with Crippen molar-refractivity contribution in [3.8, 4) is 0 Å². The van der Waals surface area contributed by atoms with Gasteiger partial charge in [-0.3, -0.25) is 9.59 Å². The van der Waals surface area contributed by atoms with Crippen LogP contribution in [0, 0.1) is 11.8 Å². The molecule has 0 radical (unpaired) electrons. The summed E-state index contributed by atoms with van der Waals surface area (Å²) in [7, 11) is 1.25. The lowest BCUT2D eigenvalue weighted by Crippen LogP contribution is -2.39. The number of carboxylic acid groups (broad SMARTS) is 1. The summed E-state index contributed by atoms with van der Waals surface area (Å²) in [5.74, 6) is -3.85. The second-order valence-electron chi connectivity index (χ2n) is 4.98.